The van der Waals surface area contributed by atoms with E-state index in [9.17, 15) is 0 Å². The van der Waals surface area contributed by atoms with Crippen LogP contribution in [0.3, 0.4) is 0 Å². The predicted molar refractivity (Wildman–Crippen MR) is 67.3 cm³/mol. The average Bonchev–Trinajstić information content (AvgIpc) is 2.94. The lowest BCUT2D eigenvalue weighted by Gasteiger charge is -2.02. The van der Waals surface area contributed by atoms with E-state index < -0.39 is 0 Å². The molecule has 2 heterocycles. The van der Waals surface area contributed by atoms with Gasteiger partial charge >= 0.3 is 0 Å². The summed E-state index contributed by atoms with van der Waals surface area (Å²) in [5, 5.41) is 0. The molecule has 0 fully saturated rings. The Morgan fingerprint density at radius 2 is 1.71 bits per heavy atom. The van der Waals surface area contributed by atoms with Gasteiger partial charge in [-0.1, -0.05) is 30.3 Å². The summed E-state index contributed by atoms with van der Waals surface area (Å²) >= 11 is 0. The molecule has 17 heavy (non-hydrogen) atoms. The van der Waals surface area contributed by atoms with Crippen molar-refractivity contribution in [2.75, 3.05) is 0 Å². The number of rotatable bonds is 2. The predicted octanol–water partition coefficient (Wildman–Crippen LogP) is 3.14. The Balaban J connectivity index is 2.06. The van der Waals surface area contributed by atoms with E-state index >= 15 is 0 Å². The number of pyridine rings is 1. The van der Waals surface area contributed by atoms with Gasteiger partial charge in [0.2, 0.25) is 0 Å². The van der Waals surface area contributed by atoms with Crippen molar-refractivity contribution in [3.05, 3.63) is 61.1 Å². The van der Waals surface area contributed by atoms with Crippen LogP contribution in [-0.4, -0.2) is 15.0 Å². The zero-order valence-corrected chi connectivity index (χ0v) is 9.17. The second-order valence-corrected chi connectivity index (χ2v) is 3.73. The number of imidazole rings is 1. The van der Waals surface area contributed by atoms with Gasteiger partial charge in [-0.3, -0.25) is 4.98 Å². The van der Waals surface area contributed by atoms with Gasteiger partial charge in [0.15, 0.2) is 5.82 Å². The largest absolute Gasteiger partial charge is 0.343 e. The second kappa shape index (κ2) is 4.22. The van der Waals surface area contributed by atoms with Crippen molar-refractivity contribution < 1.29 is 0 Å². The van der Waals surface area contributed by atoms with Gasteiger partial charge in [0, 0.05) is 18.6 Å². The number of H-pyrrole nitrogens is 1. The molecule has 0 saturated carbocycles. The van der Waals surface area contributed by atoms with Crippen LogP contribution in [0, 0.1) is 0 Å². The fraction of sp³-hybridized carbons (Fsp3) is 0. The molecule has 3 rings (SSSR count). The van der Waals surface area contributed by atoms with E-state index in [2.05, 4.69) is 27.1 Å². The van der Waals surface area contributed by atoms with Gasteiger partial charge in [0.1, 0.15) is 5.69 Å². The van der Waals surface area contributed by atoms with Gasteiger partial charge < -0.3 is 4.98 Å². The minimum atomic E-state index is 0.794. The van der Waals surface area contributed by atoms with E-state index in [4.69, 9.17) is 0 Å². The number of nitrogens with one attached hydrogen (secondary N) is 1. The van der Waals surface area contributed by atoms with Crippen LogP contribution < -0.4 is 0 Å². The highest BCUT2D eigenvalue weighted by Gasteiger charge is 2.03. The molecule has 0 aliphatic heterocycles. The van der Waals surface area contributed by atoms with Crippen LogP contribution in [0.15, 0.2) is 61.1 Å². The average molecular weight is 221 g/mol. The van der Waals surface area contributed by atoms with Crippen LogP contribution in [0.2, 0.25) is 0 Å². The summed E-state index contributed by atoms with van der Waals surface area (Å²) in [7, 11) is 0. The maximum atomic E-state index is 4.31. The summed E-state index contributed by atoms with van der Waals surface area (Å²) in [6, 6.07) is 14.3. The molecule has 2 aromatic heterocycles. The maximum absolute atomic E-state index is 4.31. The van der Waals surface area contributed by atoms with Crippen LogP contribution in [0.4, 0.5) is 0 Å². The second-order valence-electron chi connectivity index (χ2n) is 3.73. The monoisotopic (exact) mass is 221 g/mol. The minimum Gasteiger partial charge on any atom is -0.343 e. The number of hydrogen-bond acceptors (Lipinski definition) is 2. The van der Waals surface area contributed by atoms with Gasteiger partial charge in [0.25, 0.3) is 0 Å². The third-order valence-corrected chi connectivity index (χ3v) is 2.61. The number of aromatic amines is 1. The van der Waals surface area contributed by atoms with Gasteiger partial charge in [-0.25, -0.2) is 4.98 Å². The van der Waals surface area contributed by atoms with Crippen molar-refractivity contribution in [3.63, 3.8) is 0 Å². The third-order valence-electron chi connectivity index (χ3n) is 2.61. The minimum absolute atomic E-state index is 0.794. The molecule has 3 nitrogen and oxygen atoms in total. The fourth-order valence-electron chi connectivity index (χ4n) is 1.78. The Morgan fingerprint density at radius 1 is 0.824 bits per heavy atom. The first kappa shape index (κ1) is 9.78. The van der Waals surface area contributed by atoms with Crippen LogP contribution in [-0.2, 0) is 0 Å². The van der Waals surface area contributed by atoms with Gasteiger partial charge in [-0.2, -0.15) is 0 Å². The highest BCUT2D eigenvalue weighted by Crippen LogP contribution is 2.22. The van der Waals surface area contributed by atoms with E-state index in [1.165, 1.54) is 5.56 Å². The van der Waals surface area contributed by atoms with E-state index in [1.54, 1.807) is 18.6 Å². The first-order chi connectivity index (χ1) is 8.43. The normalized spacial score (nSPS) is 10.4. The molecule has 0 spiro atoms. The molecule has 0 aliphatic rings. The lowest BCUT2D eigenvalue weighted by molar-refractivity contribution is 1.22. The molecular weight excluding hydrogens is 210 g/mol. The Morgan fingerprint density at radius 3 is 2.47 bits per heavy atom. The summed E-state index contributed by atoms with van der Waals surface area (Å²) < 4.78 is 0. The molecule has 1 N–H and O–H groups in total. The molecule has 0 aliphatic carbocycles. The molecule has 0 bridgehead atoms. The Kier molecular flexibility index (Phi) is 2.43. The Bertz CT molecular complexity index is 600. The third kappa shape index (κ3) is 1.95. The number of benzene rings is 1. The first-order valence-electron chi connectivity index (χ1n) is 5.45. The van der Waals surface area contributed by atoms with Crippen molar-refractivity contribution in [2.45, 2.75) is 0 Å². The first-order valence-corrected chi connectivity index (χ1v) is 5.45. The summed E-state index contributed by atoms with van der Waals surface area (Å²) in [6.45, 7) is 0. The zero-order valence-electron chi connectivity index (χ0n) is 9.17. The van der Waals surface area contributed by atoms with Crippen LogP contribution in [0.1, 0.15) is 0 Å². The molecule has 82 valence electrons. The fourth-order valence-corrected chi connectivity index (χ4v) is 1.78. The summed E-state index contributed by atoms with van der Waals surface area (Å²) in [5.41, 5.74) is 3.19. The van der Waals surface area contributed by atoms with E-state index in [0.29, 0.717) is 0 Å². The lowest BCUT2D eigenvalue weighted by Crippen LogP contribution is -1.86. The van der Waals surface area contributed by atoms with Crippen molar-refractivity contribution >= 4 is 0 Å². The SMILES string of the molecule is c1ccc(-c2ccnc(-c3ncc[nH]3)c2)cc1. The lowest BCUT2D eigenvalue weighted by atomic mass is 10.1. The zero-order chi connectivity index (χ0) is 11.5. The summed E-state index contributed by atoms with van der Waals surface area (Å²) in [5.74, 6) is 0.794. The molecule has 0 radical (unpaired) electrons. The molecule has 3 aromatic rings. The van der Waals surface area contributed by atoms with Crippen LogP contribution >= 0.6 is 0 Å². The van der Waals surface area contributed by atoms with Crippen LogP contribution in [0.25, 0.3) is 22.6 Å². The summed E-state index contributed by atoms with van der Waals surface area (Å²) in [4.78, 5) is 11.6. The highest BCUT2D eigenvalue weighted by molar-refractivity contribution is 5.67. The van der Waals surface area contributed by atoms with Crippen molar-refractivity contribution in [3.8, 4) is 22.6 Å². The molecule has 0 atom stereocenters. The number of nitrogens with zero attached hydrogens (tertiary/aromatic N) is 2. The highest BCUT2D eigenvalue weighted by atomic mass is 14.9. The van der Waals surface area contributed by atoms with Crippen molar-refractivity contribution in [1.82, 2.24) is 15.0 Å². The van der Waals surface area contributed by atoms with Gasteiger partial charge in [-0.05, 0) is 23.3 Å². The smallest absolute Gasteiger partial charge is 0.155 e. The maximum Gasteiger partial charge on any atom is 0.155 e. The Labute approximate surface area is 99.2 Å². The molecular formula is C14H11N3. The Hall–Kier alpha value is -2.42. The quantitative estimate of drug-likeness (QED) is 0.722. The van der Waals surface area contributed by atoms with Crippen molar-refractivity contribution in [1.29, 1.82) is 0 Å². The molecule has 0 unspecified atom stereocenters. The van der Waals surface area contributed by atoms with E-state index in [-0.39, 0.29) is 0 Å². The topological polar surface area (TPSA) is 41.6 Å². The van der Waals surface area contributed by atoms with E-state index in [0.717, 1.165) is 17.1 Å². The molecule has 0 amide bonds. The number of aromatic nitrogens is 3. The molecule has 3 heteroatoms. The van der Waals surface area contributed by atoms with Crippen LogP contribution in [0.5, 0.6) is 0 Å². The summed E-state index contributed by atoms with van der Waals surface area (Å²) in [6.07, 6.45) is 5.33. The standard InChI is InChI=1S/C14H11N3/c1-2-4-11(5-3-1)12-6-7-15-13(10-12)14-16-8-9-17-14/h1-10H,(H,16,17). The molecule has 1 aromatic carbocycles. The van der Waals surface area contributed by atoms with Gasteiger partial charge in [0.05, 0.1) is 0 Å². The number of hydrogen-bond donors (Lipinski definition) is 1. The van der Waals surface area contributed by atoms with Crippen molar-refractivity contribution in [2.24, 2.45) is 0 Å². The van der Waals surface area contributed by atoms with Gasteiger partial charge in [-0.15, -0.1) is 0 Å². The van der Waals surface area contributed by atoms with E-state index in [1.807, 2.05) is 30.3 Å². The molecule has 0 saturated heterocycles.